The van der Waals surface area contributed by atoms with E-state index in [0.717, 1.165) is 12.8 Å². The van der Waals surface area contributed by atoms with E-state index in [0.29, 0.717) is 29.5 Å². The molecule has 0 radical (unpaired) electrons. The molecule has 0 aromatic rings. The van der Waals surface area contributed by atoms with Gasteiger partial charge in [-0.25, -0.2) is 0 Å². The number of fused-ring (bicyclic) bond motifs is 5. The van der Waals surface area contributed by atoms with Crippen molar-refractivity contribution in [2.75, 3.05) is 0 Å². The number of ketones is 2. The summed E-state index contributed by atoms with van der Waals surface area (Å²) in [6.45, 7) is 11.1. The molecule has 25 heavy (non-hydrogen) atoms. The third-order valence-electron chi connectivity index (χ3n) is 9.46. The zero-order valence-corrected chi connectivity index (χ0v) is 16.4. The maximum atomic E-state index is 12.7. The second-order valence-electron chi connectivity index (χ2n) is 9.95. The van der Waals surface area contributed by atoms with Crippen LogP contribution in [0, 0.1) is 39.9 Å². The van der Waals surface area contributed by atoms with Gasteiger partial charge in [-0.1, -0.05) is 39.3 Å². The van der Waals surface area contributed by atoms with Crippen molar-refractivity contribution in [1.29, 1.82) is 0 Å². The molecule has 4 rings (SSSR count). The summed E-state index contributed by atoms with van der Waals surface area (Å²) in [6, 6.07) is 0. The first kappa shape index (κ1) is 17.2. The van der Waals surface area contributed by atoms with E-state index in [4.69, 9.17) is 0 Å². The largest absolute Gasteiger partial charge is 0.299 e. The van der Waals surface area contributed by atoms with Crippen LogP contribution in [0.15, 0.2) is 23.8 Å². The molecule has 2 unspecified atom stereocenters. The van der Waals surface area contributed by atoms with Crippen LogP contribution in [0.4, 0.5) is 0 Å². The van der Waals surface area contributed by atoms with Crippen molar-refractivity contribution in [3.05, 3.63) is 23.8 Å². The highest BCUT2D eigenvalue weighted by molar-refractivity contribution is 6.01. The first-order valence-corrected chi connectivity index (χ1v) is 10.1. The smallest absolute Gasteiger partial charge is 0.178 e. The van der Waals surface area contributed by atoms with Crippen molar-refractivity contribution in [2.45, 2.75) is 66.7 Å². The Bertz CT molecular complexity index is 701. The van der Waals surface area contributed by atoms with Gasteiger partial charge < -0.3 is 0 Å². The van der Waals surface area contributed by atoms with E-state index in [1.807, 2.05) is 13.0 Å². The number of carbonyl (C=O) groups excluding carboxylic acids is 2. The van der Waals surface area contributed by atoms with E-state index in [1.165, 1.54) is 24.8 Å². The standard InChI is InChI=1S/C23H32O2/c1-14-12-20-18-7-6-16-13-17(25)8-10-21(16,3)19(18)9-11-22(20,4)23(14,5)15(2)24/h8,10,13-14,18-20H,6-7,9,11-12H2,1-5H3/t14-,18-,19?,20?,21+,22+,23-/m1/s1. The molecular formula is C23H32O2. The van der Waals surface area contributed by atoms with Crippen molar-refractivity contribution in [3.63, 3.8) is 0 Å². The molecule has 0 amide bonds. The first-order valence-electron chi connectivity index (χ1n) is 10.1. The van der Waals surface area contributed by atoms with E-state index < -0.39 is 0 Å². The monoisotopic (exact) mass is 340 g/mol. The van der Waals surface area contributed by atoms with Crippen LogP contribution in [0.25, 0.3) is 0 Å². The predicted octanol–water partition coefficient (Wildman–Crippen LogP) is 5.14. The number of carbonyl (C=O) groups is 2. The molecule has 0 aromatic carbocycles. The SMILES string of the molecule is CC(=O)[C@@]1(C)[C@H](C)CC2[C@@H]3CCC4=CC(=O)C=C[C@]4(C)C3CC[C@@]21C. The van der Waals surface area contributed by atoms with Crippen molar-refractivity contribution >= 4 is 11.6 Å². The summed E-state index contributed by atoms with van der Waals surface area (Å²) >= 11 is 0. The summed E-state index contributed by atoms with van der Waals surface area (Å²) in [7, 11) is 0. The fourth-order valence-electron chi connectivity index (χ4n) is 7.53. The number of Topliss-reactive ketones (excluding diaryl/α,β-unsaturated/α-hetero) is 1. The lowest BCUT2D eigenvalue weighted by Gasteiger charge is -2.58. The van der Waals surface area contributed by atoms with Gasteiger partial charge in [0.25, 0.3) is 0 Å². The molecule has 3 saturated carbocycles. The molecule has 2 nitrogen and oxygen atoms in total. The Morgan fingerprint density at radius 3 is 2.56 bits per heavy atom. The average Bonchev–Trinajstić information content (AvgIpc) is 2.77. The molecule has 0 heterocycles. The van der Waals surface area contributed by atoms with Crippen LogP contribution < -0.4 is 0 Å². The van der Waals surface area contributed by atoms with Gasteiger partial charge in [0.05, 0.1) is 0 Å². The molecule has 0 aliphatic heterocycles. The molecule has 4 aliphatic carbocycles. The molecule has 0 aromatic heterocycles. The zero-order valence-electron chi connectivity index (χ0n) is 16.4. The lowest BCUT2D eigenvalue weighted by Crippen LogP contribution is -2.53. The minimum absolute atomic E-state index is 0.0522. The highest BCUT2D eigenvalue weighted by atomic mass is 16.1. The highest BCUT2D eigenvalue weighted by Crippen LogP contribution is 2.70. The molecule has 7 atom stereocenters. The Morgan fingerprint density at radius 1 is 1.16 bits per heavy atom. The lowest BCUT2D eigenvalue weighted by molar-refractivity contribution is -0.140. The van der Waals surface area contributed by atoms with Gasteiger partial charge in [0.2, 0.25) is 0 Å². The maximum Gasteiger partial charge on any atom is 0.178 e. The molecule has 3 fully saturated rings. The predicted molar refractivity (Wildman–Crippen MR) is 100.0 cm³/mol. The number of allylic oxidation sites excluding steroid dienone is 4. The quantitative estimate of drug-likeness (QED) is 0.662. The van der Waals surface area contributed by atoms with Crippen LogP contribution in [0.5, 0.6) is 0 Å². The van der Waals surface area contributed by atoms with Crippen LogP contribution in [0.3, 0.4) is 0 Å². The summed E-state index contributed by atoms with van der Waals surface area (Å²) in [6.07, 6.45) is 11.6. The van der Waals surface area contributed by atoms with Crippen LogP contribution in [0.2, 0.25) is 0 Å². The Morgan fingerprint density at radius 2 is 1.88 bits per heavy atom. The Balaban J connectivity index is 1.74. The van der Waals surface area contributed by atoms with Crippen LogP contribution >= 0.6 is 0 Å². The fraction of sp³-hybridized carbons (Fsp3) is 0.739. The third kappa shape index (κ3) is 1.97. The van der Waals surface area contributed by atoms with Gasteiger partial charge in [-0.15, -0.1) is 0 Å². The van der Waals surface area contributed by atoms with E-state index in [1.54, 1.807) is 6.08 Å². The molecule has 0 bridgehead atoms. The Kier molecular flexibility index (Phi) is 3.57. The molecule has 2 heteroatoms. The zero-order chi connectivity index (χ0) is 18.2. The normalized spacial score (nSPS) is 51.4. The van der Waals surface area contributed by atoms with Crippen molar-refractivity contribution in [3.8, 4) is 0 Å². The van der Waals surface area contributed by atoms with Gasteiger partial charge >= 0.3 is 0 Å². The topological polar surface area (TPSA) is 34.1 Å². The average molecular weight is 341 g/mol. The molecule has 0 N–H and O–H groups in total. The maximum absolute atomic E-state index is 12.7. The summed E-state index contributed by atoms with van der Waals surface area (Å²) in [5, 5.41) is 0. The van der Waals surface area contributed by atoms with E-state index in [9.17, 15) is 9.59 Å². The molecule has 136 valence electrons. The number of hydrogen-bond donors (Lipinski definition) is 0. The molecule has 0 saturated heterocycles. The Hall–Kier alpha value is -1.18. The van der Waals surface area contributed by atoms with Gasteiger partial charge in [0.15, 0.2) is 5.78 Å². The van der Waals surface area contributed by atoms with Crippen molar-refractivity contribution in [1.82, 2.24) is 0 Å². The van der Waals surface area contributed by atoms with Crippen LogP contribution in [0.1, 0.15) is 66.7 Å². The fourth-order valence-corrected chi connectivity index (χ4v) is 7.53. The molecular weight excluding hydrogens is 308 g/mol. The third-order valence-corrected chi connectivity index (χ3v) is 9.46. The van der Waals surface area contributed by atoms with Gasteiger partial charge in [-0.2, -0.15) is 0 Å². The van der Waals surface area contributed by atoms with Crippen molar-refractivity contribution < 1.29 is 9.59 Å². The lowest BCUT2D eigenvalue weighted by atomic mass is 9.45. The minimum atomic E-state index is -0.183. The van der Waals surface area contributed by atoms with E-state index >= 15 is 0 Å². The van der Waals surface area contributed by atoms with E-state index in [2.05, 4.69) is 33.8 Å². The molecule has 4 aliphatic rings. The minimum Gasteiger partial charge on any atom is -0.299 e. The first-order chi connectivity index (χ1) is 11.6. The molecule has 0 spiro atoms. The van der Waals surface area contributed by atoms with Crippen molar-refractivity contribution in [2.24, 2.45) is 39.9 Å². The second kappa shape index (κ2) is 5.18. The number of rotatable bonds is 1. The number of hydrogen-bond acceptors (Lipinski definition) is 2. The summed E-state index contributed by atoms with van der Waals surface area (Å²) < 4.78 is 0. The van der Waals surface area contributed by atoms with E-state index in [-0.39, 0.29) is 22.0 Å². The van der Waals surface area contributed by atoms with Gasteiger partial charge in [0.1, 0.15) is 5.78 Å². The van der Waals surface area contributed by atoms with Gasteiger partial charge in [-0.05, 0) is 80.3 Å². The second-order valence-corrected chi connectivity index (χ2v) is 9.95. The summed E-state index contributed by atoms with van der Waals surface area (Å²) in [5.74, 6) is 2.95. The highest BCUT2D eigenvalue weighted by Gasteiger charge is 2.66. The van der Waals surface area contributed by atoms with Crippen LogP contribution in [-0.4, -0.2) is 11.6 Å². The van der Waals surface area contributed by atoms with Gasteiger partial charge in [-0.3, -0.25) is 9.59 Å². The summed E-state index contributed by atoms with van der Waals surface area (Å²) in [4.78, 5) is 24.5. The Labute approximate surface area is 152 Å². The summed E-state index contributed by atoms with van der Waals surface area (Å²) in [5.41, 5.74) is 1.35. The van der Waals surface area contributed by atoms with Gasteiger partial charge in [0, 0.05) is 10.8 Å². The van der Waals surface area contributed by atoms with Crippen LogP contribution in [-0.2, 0) is 9.59 Å².